The largest absolute Gasteiger partial charge is 0.478 e. The van der Waals surface area contributed by atoms with Gasteiger partial charge in [-0.15, -0.1) is 0 Å². The number of aromatic nitrogens is 2. The third-order valence-corrected chi connectivity index (χ3v) is 2.54. The molecule has 4 N–H and O–H groups in total. The van der Waals surface area contributed by atoms with E-state index >= 15 is 0 Å². The standard InChI is InChI=1S/C12H9F3N4O2/c13-12(14,15)8-2-1-6(5-18-8)19-10-9(16)7(11(20)21)3-4-17-10/h1-5H,16H2,(H,17,19)(H,20,21). The van der Waals surface area contributed by atoms with Gasteiger partial charge >= 0.3 is 12.1 Å². The molecule has 0 unspecified atom stereocenters. The Morgan fingerprint density at radius 1 is 1.24 bits per heavy atom. The van der Waals surface area contributed by atoms with Gasteiger partial charge in [0.1, 0.15) is 5.69 Å². The summed E-state index contributed by atoms with van der Waals surface area (Å²) >= 11 is 0. The second kappa shape index (κ2) is 5.27. The normalized spacial score (nSPS) is 11.2. The summed E-state index contributed by atoms with van der Waals surface area (Å²) < 4.78 is 37.1. The molecule has 0 bridgehead atoms. The minimum atomic E-state index is -4.53. The molecule has 0 fully saturated rings. The molecule has 0 saturated carbocycles. The Balaban J connectivity index is 2.27. The molecule has 2 aromatic rings. The first kappa shape index (κ1) is 14.6. The van der Waals surface area contributed by atoms with Crippen molar-refractivity contribution in [2.75, 3.05) is 11.1 Å². The van der Waals surface area contributed by atoms with Gasteiger partial charge in [-0.25, -0.2) is 14.8 Å². The first-order chi connectivity index (χ1) is 9.79. The van der Waals surface area contributed by atoms with Gasteiger partial charge in [0.05, 0.1) is 23.1 Å². The van der Waals surface area contributed by atoms with Crippen molar-refractivity contribution in [1.82, 2.24) is 9.97 Å². The summed E-state index contributed by atoms with van der Waals surface area (Å²) in [4.78, 5) is 18.0. The smallest absolute Gasteiger partial charge is 0.433 e. The quantitative estimate of drug-likeness (QED) is 0.805. The number of nitrogens with one attached hydrogen (secondary N) is 1. The van der Waals surface area contributed by atoms with Crippen LogP contribution in [0.4, 0.5) is 30.4 Å². The number of alkyl halides is 3. The van der Waals surface area contributed by atoms with E-state index in [9.17, 15) is 18.0 Å². The van der Waals surface area contributed by atoms with Gasteiger partial charge in [-0.2, -0.15) is 13.2 Å². The fourth-order valence-corrected chi connectivity index (χ4v) is 1.53. The summed E-state index contributed by atoms with van der Waals surface area (Å²) in [5, 5.41) is 11.5. The van der Waals surface area contributed by atoms with Crippen LogP contribution < -0.4 is 11.1 Å². The van der Waals surface area contributed by atoms with Crippen molar-refractivity contribution >= 4 is 23.2 Å². The fraction of sp³-hybridized carbons (Fsp3) is 0.0833. The van der Waals surface area contributed by atoms with Crippen molar-refractivity contribution in [1.29, 1.82) is 0 Å². The first-order valence-electron chi connectivity index (χ1n) is 5.57. The molecule has 2 aromatic heterocycles. The molecule has 0 aliphatic rings. The van der Waals surface area contributed by atoms with E-state index in [0.717, 1.165) is 18.3 Å². The Hall–Kier alpha value is -2.84. The maximum absolute atomic E-state index is 12.4. The fourth-order valence-electron chi connectivity index (χ4n) is 1.53. The lowest BCUT2D eigenvalue weighted by Crippen LogP contribution is -2.09. The van der Waals surface area contributed by atoms with E-state index in [2.05, 4.69) is 15.3 Å². The molecule has 0 saturated heterocycles. The van der Waals surface area contributed by atoms with Crippen LogP contribution in [0.2, 0.25) is 0 Å². The lowest BCUT2D eigenvalue weighted by Gasteiger charge is -2.10. The Kier molecular flexibility index (Phi) is 3.66. The van der Waals surface area contributed by atoms with Crippen molar-refractivity contribution in [3.63, 3.8) is 0 Å². The molecular weight excluding hydrogens is 289 g/mol. The van der Waals surface area contributed by atoms with Crippen LogP contribution in [0.1, 0.15) is 16.1 Å². The minimum absolute atomic E-state index is 0.0245. The molecule has 0 aliphatic heterocycles. The summed E-state index contributed by atoms with van der Waals surface area (Å²) in [6.07, 6.45) is -2.35. The van der Waals surface area contributed by atoms with Gasteiger partial charge in [-0.3, -0.25) is 0 Å². The van der Waals surface area contributed by atoms with Crippen molar-refractivity contribution in [2.45, 2.75) is 6.18 Å². The number of aromatic carboxylic acids is 1. The van der Waals surface area contributed by atoms with Gasteiger partial charge in [-0.1, -0.05) is 0 Å². The topological polar surface area (TPSA) is 101 Å². The second-order valence-corrected chi connectivity index (χ2v) is 3.98. The first-order valence-corrected chi connectivity index (χ1v) is 5.57. The Labute approximate surface area is 116 Å². The van der Waals surface area contributed by atoms with Gasteiger partial charge < -0.3 is 16.2 Å². The summed E-state index contributed by atoms with van der Waals surface area (Å²) in [5.41, 5.74) is 4.51. The van der Waals surface area contributed by atoms with Crippen molar-refractivity contribution in [3.8, 4) is 0 Å². The predicted octanol–water partition coefficient (Wildman–Crippen LogP) is 2.52. The Morgan fingerprint density at radius 3 is 2.48 bits per heavy atom. The van der Waals surface area contributed by atoms with E-state index in [1.54, 1.807) is 0 Å². The maximum atomic E-state index is 12.4. The molecule has 2 rings (SSSR count). The van der Waals surface area contributed by atoms with Crippen LogP contribution in [0.15, 0.2) is 30.6 Å². The molecule has 2 heterocycles. The number of hydrogen-bond donors (Lipinski definition) is 3. The molecule has 0 atom stereocenters. The summed E-state index contributed by atoms with van der Waals surface area (Å²) in [5.74, 6) is -1.21. The van der Waals surface area contributed by atoms with Crippen molar-refractivity contribution in [2.24, 2.45) is 0 Å². The molecule has 0 amide bonds. The summed E-state index contributed by atoms with van der Waals surface area (Å²) in [6, 6.07) is 3.15. The molecule has 110 valence electrons. The Morgan fingerprint density at radius 2 is 1.95 bits per heavy atom. The zero-order chi connectivity index (χ0) is 15.6. The lowest BCUT2D eigenvalue weighted by atomic mass is 10.2. The number of nitrogens with zero attached hydrogens (tertiary/aromatic N) is 2. The molecule has 9 heteroatoms. The maximum Gasteiger partial charge on any atom is 0.433 e. The Bertz CT molecular complexity index is 671. The van der Waals surface area contributed by atoms with Crippen LogP contribution in [-0.4, -0.2) is 21.0 Å². The highest BCUT2D eigenvalue weighted by atomic mass is 19.4. The average molecular weight is 298 g/mol. The highest BCUT2D eigenvalue weighted by Gasteiger charge is 2.32. The SMILES string of the molecule is Nc1c(C(=O)O)ccnc1Nc1ccc(C(F)(F)F)nc1. The van der Waals surface area contributed by atoms with Crippen LogP contribution in [-0.2, 0) is 6.18 Å². The number of anilines is 3. The zero-order valence-corrected chi connectivity index (χ0v) is 10.3. The van der Waals surface area contributed by atoms with Crippen LogP contribution in [0.3, 0.4) is 0 Å². The van der Waals surface area contributed by atoms with Gasteiger partial charge in [0.2, 0.25) is 0 Å². The van der Waals surface area contributed by atoms with E-state index in [1.807, 2.05) is 0 Å². The third-order valence-electron chi connectivity index (χ3n) is 2.54. The van der Waals surface area contributed by atoms with Crippen LogP contribution in [0, 0.1) is 0 Å². The lowest BCUT2D eigenvalue weighted by molar-refractivity contribution is -0.141. The van der Waals surface area contributed by atoms with E-state index in [1.165, 1.54) is 12.3 Å². The number of carbonyl (C=O) groups is 1. The monoisotopic (exact) mass is 298 g/mol. The molecule has 0 aromatic carbocycles. The third kappa shape index (κ3) is 3.19. The molecule has 0 aliphatic carbocycles. The number of nitrogens with two attached hydrogens (primary N) is 1. The van der Waals surface area contributed by atoms with Crippen LogP contribution in [0.25, 0.3) is 0 Å². The highest BCUT2D eigenvalue weighted by molar-refractivity contribution is 5.96. The zero-order valence-electron chi connectivity index (χ0n) is 10.3. The van der Waals surface area contributed by atoms with E-state index in [4.69, 9.17) is 10.8 Å². The number of nitrogen functional groups attached to an aromatic ring is 1. The summed E-state index contributed by atoms with van der Waals surface area (Å²) in [7, 11) is 0. The number of halogens is 3. The van der Waals surface area contributed by atoms with Crippen molar-refractivity contribution in [3.05, 3.63) is 41.9 Å². The van der Waals surface area contributed by atoms with Crippen molar-refractivity contribution < 1.29 is 23.1 Å². The number of carboxylic acid groups (broad SMARTS) is 1. The second-order valence-electron chi connectivity index (χ2n) is 3.98. The molecular formula is C12H9F3N4O2. The molecule has 0 spiro atoms. The molecule has 21 heavy (non-hydrogen) atoms. The van der Waals surface area contributed by atoms with Gasteiger partial charge in [0.15, 0.2) is 5.82 Å². The number of rotatable bonds is 3. The van der Waals surface area contributed by atoms with E-state index in [0.29, 0.717) is 0 Å². The van der Waals surface area contributed by atoms with E-state index in [-0.39, 0.29) is 22.8 Å². The highest BCUT2D eigenvalue weighted by Crippen LogP contribution is 2.29. The van der Waals surface area contributed by atoms with Gasteiger partial charge in [0, 0.05) is 6.20 Å². The van der Waals surface area contributed by atoms with Gasteiger partial charge in [0.25, 0.3) is 0 Å². The minimum Gasteiger partial charge on any atom is -0.478 e. The summed E-state index contributed by atoms with van der Waals surface area (Å²) in [6.45, 7) is 0. The van der Waals surface area contributed by atoms with Gasteiger partial charge in [-0.05, 0) is 18.2 Å². The van der Waals surface area contributed by atoms with Crippen LogP contribution >= 0.6 is 0 Å². The average Bonchev–Trinajstić information content (AvgIpc) is 2.40. The molecule has 0 radical (unpaired) electrons. The number of hydrogen-bond acceptors (Lipinski definition) is 5. The number of pyridine rings is 2. The van der Waals surface area contributed by atoms with Crippen LogP contribution in [0.5, 0.6) is 0 Å². The number of carboxylic acids is 1. The molecule has 6 nitrogen and oxygen atoms in total. The predicted molar refractivity (Wildman–Crippen MR) is 68.1 cm³/mol. The van der Waals surface area contributed by atoms with E-state index < -0.39 is 17.8 Å².